The molecule has 128 valence electrons. The average Bonchev–Trinajstić information content (AvgIpc) is 2.48. The third-order valence-corrected chi connectivity index (χ3v) is 3.64. The van der Waals surface area contributed by atoms with E-state index >= 15 is 0 Å². The molecule has 2 rings (SSSR count). The average molecular weight is 335 g/mol. The monoisotopic (exact) mass is 335 g/mol. The van der Waals surface area contributed by atoms with E-state index in [1.54, 1.807) is 0 Å². The molecule has 23 heavy (non-hydrogen) atoms. The minimum Gasteiger partial charge on any atom is -0.504 e. The number of hydrogen-bond donors (Lipinski definition) is 2. The lowest BCUT2D eigenvalue weighted by atomic mass is 10.0. The molecule has 0 aromatic heterocycles. The Bertz CT molecular complexity index is 589. The minimum absolute atomic E-state index is 0.106. The van der Waals surface area contributed by atoms with E-state index in [9.17, 15) is 28.4 Å². The molecule has 1 aromatic rings. The predicted molar refractivity (Wildman–Crippen MR) is 74.6 cm³/mol. The number of nitrogens with zero attached hydrogens (tertiary/aromatic N) is 2. The molecule has 0 spiro atoms. The number of methoxy groups -OCH3 is 1. The highest BCUT2D eigenvalue weighted by molar-refractivity contribution is 5.55. The minimum atomic E-state index is -4.70. The first-order chi connectivity index (χ1) is 10.8. The summed E-state index contributed by atoms with van der Waals surface area (Å²) in [5.74, 6) is -1.10. The number of nitro groups is 1. The molecule has 7 nitrogen and oxygen atoms in total. The van der Waals surface area contributed by atoms with Crippen LogP contribution in [0.2, 0.25) is 0 Å². The van der Waals surface area contributed by atoms with Crippen molar-refractivity contribution in [1.29, 1.82) is 0 Å². The van der Waals surface area contributed by atoms with Crippen molar-refractivity contribution in [3.8, 4) is 11.5 Å². The van der Waals surface area contributed by atoms with Crippen LogP contribution in [0, 0.1) is 10.1 Å². The number of nitro benzene ring substituents is 1. The van der Waals surface area contributed by atoms with Gasteiger partial charge in [0.15, 0.2) is 11.5 Å². The van der Waals surface area contributed by atoms with Gasteiger partial charge in [-0.25, -0.2) is 0 Å². The van der Waals surface area contributed by atoms with Gasteiger partial charge in [-0.05, 0) is 0 Å². The fourth-order valence-electron chi connectivity index (χ4n) is 2.60. The van der Waals surface area contributed by atoms with E-state index in [-0.39, 0.29) is 18.8 Å². The van der Waals surface area contributed by atoms with Gasteiger partial charge in [0.1, 0.15) is 6.04 Å². The fraction of sp³-hybridized carbons (Fsp3) is 0.538. The van der Waals surface area contributed by atoms with Gasteiger partial charge in [0, 0.05) is 37.8 Å². The second-order valence-corrected chi connectivity index (χ2v) is 5.07. The lowest BCUT2D eigenvalue weighted by Crippen LogP contribution is -2.49. The third kappa shape index (κ3) is 3.64. The first-order valence-electron chi connectivity index (χ1n) is 6.82. The SMILES string of the molecule is COc1cc([N+](=O)[O-])cc([C@H](N2CCNCC2)C(F)(F)F)c1O. The first-order valence-corrected chi connectivity index (χ1v) is 6.82. The van der Waals surface area contributed by atoms with E-state index < -0.39 is 34.1 Å². The molecule has 1 saturated heterocycles. The van der Waals surface area contributed by atoms with Crippen molar-refractivity contribution >= 4 is 5.69 Å². The Balaban J connectivity index is 2.57. The number of alkyl halides is 3. The van der Waals surface area contributed by atoms with Gasteiger partial charge in [-0.2, -0.15) is 13.2 Å². The molecule has 0 saturated carbocycles. The lowest BCUT2D eigenvalue weighted by Gasteiger charge is -2.36. The maximum atomic E-state index is 13.6. The Morgan fingerprint density at radius 1 is 1.39 bits per heavy atom. The number of benzene rings is 1. The molecule has 1 heterocycles. The second-order valence-electron chi connectivity index (χ2n) is 5.07. The van der Waals surface area contributed by atoms with Crippen molar-refractivity contribution in [1.82, 2.24) is 10.2 Å². The number of non-ortho nitro benzene ring substituents is 1. The molecule has 1 aromatic carbocycles. The number of ether oxygens (including phenoxy) is 1. The van der Waals surface area contributed by atoms with Crippen molar-refractivity contribution in [2.75, 3.05) is 33.3 Å². The maximum Gasteiger partial charge on any atom is 0.408 e. The molecule has 1 aliphatic heterocycles. The van der Waals surface area contributed by atoms with Gasteiger partial charge >= 0.3 is 6.18 Å². The zero-order chi connectivity index (χ0) is 17.2. The highest BCUT2D eigenvalue weighted by Crippen LogP contribution is 2.46. The van der Waals surface area contributed by atoms with Crippen LogP contribution in [0.1, 0.15) is 11.6 Å². The number of hydrogen-bond acceptors (Lipinski definition) is 6. The fourth-order valence-corrected chi connectivity index (χ4v) is 2.60. The zero-order valence-electron chi connectivity index (χ0n) is 12.3. The molecule has 0 aliphatic carbocycles. The van der Waals surface area contributed by atoms with E-state index in [0.717, 1.165) is 24.1 Å². The molecule has 1 aliphatic rings. The highest BCUT2D eigenvalue weighted by Gasteiger charge is 2.47. The summed E-state index contributed by atoms with van der Waals surface area (Å²) >= 11 is 0. The van der Waals surface area contributed by atoms with E-state index in [0.29, 0.717) is 13.1 Å². The summed E-state index contributed by atoms with van der Waals surface area (Å²) in [7, 11) is 1.12. The van der Waals surface area contributed by atoms with Crippen molar-refractivity contribution in [2.45, 2.75) is 12.2 Å². The number of rotatable bonds is 4. The summed E-state index contributed by atoms with van der Waals surface area (Å²) in [4.78, 5) is 11.3. The molecule has 0 unspecified atom stereocenters. The summed E-state index contributed by atoms with van der Waals surface area (Å²) in [5, 5.41) is 23.9. The molecule has 1 fully saturated rings. The molecule has 10 heteroatoms. The Kier molecular flexibility index (Phi) is 4.95. The summed E-state index contributed by atoms with van der Waals surface area (Å²) in [5.41, 5.74) is -1.15. The van der Waals surface area contributed by atoms with Gasteiger partial charge < -0.3 is 15.2 Å². The topological polar surface area (TPSA) is 87.9 Å². The van der Waals surface area contributed by atoms with Gasteiger partial charge in [-0.15, -0.1) is 0 Å². The predicted octanol–water partition coefficient (Wildman–Crippen LogP) is 1.82. The summed E-state index contributed by atoms with van der Waals surface area (Å²) in [6.07, 6.45) is -4.70. The first kappa shape index (κ1) is 17.3. The Hall–Kier alpha value is -2.07. The number of piperazine rings is 1. The van der Waals surface area contributed by atoms with Crippen molar-refractivity contribution in [3.63, 3.8) is 0 Å². The number of aromatic hydroxyl groups is 1. The standard InChI is InChI=1S/C13H16F3N3O4/c1-23-10-7-8(19(21)22)6-9(11(10)20)12(13(14,15)16)18-4-2-17-3-5-18/h6-7,12,17,20H,2-5H2,1H3/t12-/m0/s1. The van der Waals surface area contributed by atoms with E-state index in [1.807, 2.05) is 0 Å². The van der Waals surface area contributed by atoms with Crippen LogP contribution in [0.5, 0.6) is 11.5 Å². The molecule has 0 radical (unpaired) electrons. The smallest absolute Gasteiger partial charge is 0.408 e. The molecule has 0 amide bonds. The number of phenols is 1. The largest absolute Gasteiger partial charge is 0.504 e. The molecular weight excluding hydrogens is 319 g/mol. The van der Waals surface area contributed by atoms with E-state index in [4.69, 9.17) is 4.74 Å². The van der Waals surface area contributed by atoms with Crippen LogP contribution in [0.3, 0.4) is 0 Å². The quantitative estimate of drug-likeness (QED) is 0.645. The summed E-state index contributed by atoms with van der Waals surface area (Å²) in [6.45, 7) is 0.933. The van der Waals surface area contributed by atoms with Gasteiger partial charge in [0.2, 0.25) is 0 Å². The van der Waals surface area contributed by atoms with Crippen molar-refractivity contribution in [2.24, 2.45) is 0 Å². The van der Waals surface area contributed by atoms with E-state index in [2.05, 4.69) is 5.32 Å². The van der Waals surface area contributed by atoms with Crippen LogP contribution < -0.4 is 10.1 Å². The number of phenolic OH excluding ortho intramolecular Hbond substituents is 1. The van der Waals surface area contributed by atoms with Crippen LogP contribution in [0.4, 0.5) is 18.9 Å². The number of halogens is 3. The third-order valence-electron chi connectivity index (χ3n) is 3.64. The van der Waals surface area contributed by atoms with Crippen LogP contribution in [0.15, 0.2) is 12.1 Å². The Morgan fingerprint density at radius 3 is 2.48 bits per heavy atom. The van der Waals surface area contributed by atoms with Crippen LogP contribution in [-0.4, -0.2) is 54.4 Å². The van der Waals surface area contributed by atoms with Crippen LogP contribution >= 0.6 is 0 Å². The summed E-state index contributed by atoms with van der Waals surface area (Å²) < 4.78 is 45.4. The molecule has 2 N–H and O–H groups in total. The van der Waals surface area contributed by atoms with Gasteiger partial charge in [0.05, 0.1) is 18.1 Å². The lowest BCUT2D eigenvalue weighted by molar-refractivity contribution is -0.385. The van der Waals surface area contributed by atoms with Crippen molar-refractivity contribution < 1.29 is 27.9 Å². The van der Waals surface area contributed by atoms with Gasteiger partial charge in [-0.3, -0.25) is 15.0 Å². The molecule has 0 bridgehead atoms. The van der Waals surface area contributed by atoms with Gasteiger partial charge in [0.25, 0.3) is 5.69 Å². The second kappa shape index (κ2) is 6.59. The van der Waals surface area contributed by atoms with Crippen molar-refractivity contribution in [3.05, 3.63) is 27.8 Å². The highest BCUT2D eigenvalue weighted by atomic mass is 19.4. The van der Waals surface area contributed by atoms with Crippen LogP contribution in [-0.2, 0) is 0 Å². The maximum absolute atomic E-state index is 13.6. The molecule has 1 atom stereocenters. The van der Waals surface area contributed by atoms with Crippen LogP contribution in [0.25, 0.3) is 0 Å². The zero-order valence-corrected chi connectivity index (χ0v) is 12.3. The van der Waals surface area contributed by atoms with Gasteiger partial charge in [-0.1, -0.05) is 0 Å². The summed E-state index contributed by atoms with van der Waals surface area (Å²) in [6, 6.07) is -0.499. The normalized spacial score (nSPS) is 17.7. The Labute approximate surface area is 129 Å². The Morgan fingerprint density at radius 2 is 2.00 bits per heavy atom. The molecular formula is C13H16F3N3O4. The van der Waals surface area contributed by atoms with E-state index in [1.165, 1.54) is 0 Å². The number of nitrogens with one attached hydrogen (secondary N) is 1.